The quantitative estimate of drug-likeness (QED) is 0.194. The second-order valence-electron chi connectivity index (χ2n) is 7.56. The summed E-state index contributed by atoms with van der Waals surface area (Å²) in [6.07, 6.45) is 1.32. The van der Waals surface area contributed by atoms with E-state index in [4.69, 9.17) is 4.74 Å². The molecule has 12 heteroatoms. The number of hydrogen-bond donors (Lipinski definition) is 3. The SMILES string of the molecule is CCN(CC)c1ccc(/C=N\Nc2ccc(S(=O)(=O)Nc3ccc(OC)cc3)cc2[N+](=O)[O-])c(O)c1. The molecule has 3 N–H and O–H groups in total. The number of methoxy groups -OCH3 is 1. The topological polar surface area (TPSA) is 146 Å². The van der Waals surface area contributed by atoms with Crippen LogP contribution in [-0.2, 0) is 10.0 Å². The molecule has 0 saturated carbocycles. The zero-order chi connectivity index (χ0) is 26.3. The molecule has 0 aliphatic heterocycles. The molecule has 0 bridgehead atoms. The highest BCUT2D eigenvalue weighted by atomic mass is 32.2. The molecule has 0 saturated heterocycles. The van der Waals surface area contributed by atoms with Crippen molar-refractivity contribution >= 4 is 39.0 Å². The Labute approximate surface area is 209 Å². The lowest BCUT2D eigenvalue weighted by Crippen LogP contribution is -2.21. The Balaban J connectivity index is 1.79. The van der Waals surface area contributed by atoms with Crippen molar-refractivity contribution < 1.29 is 23.2 Å². The molecule has 36 heavy (non-hydrogen) atoms. The Bertz CT molecular complexity index is 1360. The second kappa shape index (κ2) is 11.4. The lowest BCUT2D eigenvalue weighted by atomic mass is 10.2. The molecule has 190 valence electrons. The van der Waals surface area contributed by atoms with Gasteiger partial charge in [-0.1, -0.05) is 0 Å². The van der Waals surface area contributed by atoms with Gasteiger partial charge in [-0.25, -0.2) is 8.42 Å². The van der Waals surface area contributed by atoms with Crippen molar-refractivity contribution in [1.82, 2.24) is 0 Å². The molecule has 0 aromatic heterocycles. The molecule has 0 atom stereocenters. The van der Waals surface area contributed by atoms with E-state index >= 15 is 0 Å². The predicted molar refractivity (Wildman–Crippen MR) is 140 cm³/mol. The predicted octanol–water partition coefficient (Wildman–Crippen LogP) is 4.40. The third kappa shape index (κ3) is 6.21. The Morgan fingerprint density at radius 2 is 1.78 bits per heavy atom. The van der Waals surface area contributed by atoms with Gasteiger partial charge in [-0.3, -0.25) is 20.3 Å². The van der Waals surface area contributed by atoms with Crippen LogP contribution in [0.1, 0.15) is 19.4 Å². The number of nitrogens with one attached hydrogen (secondary N) is 2. The van der Waals surface area contributed by atoms with Gasteiger partial charge in [-0.15, -0.1) is 0 Å². The molecule has 0 aliphatic carbocycles. The Morgan fingerprint density at radius 3 is 2.36 bits per heavy atom. The highest BCUT2D eigenvalue weighted by Crippen LogP contribution is 2.29. The van der Waals surface area contributed by atoms with Crippen molar-refractivity contribution in [1.29, 1.82) is 0 Å². The molecule has 0 radical (unpaired) electrons. The van der Waals surface area contributed by atoms with Crippen molar-refractivity contribution in [3.8, 4) is 11.5 Å². The molecule has 0 spiro atoms. The molecule has 0 heterocycles. The van der Waals surface area contributed by atoms with E-state index in [1.165, 1.54) is 37.6 Å². The minimum Gasteiger partial charge on any atom is -0.507 e. The van der Waals surface area contributed by atoms with Crippen LogP contribution in [0.3, 0.4) is 0 Å². The van der Waals surface area contributed by atoms with Gasteiger partial charge in [-0.05, 0) is 62.4 Å². The minimum absolute atomic E-state index is 0.00509. The van der Waals surface area contributed by atoms with Crippen molar-refractivity contribution in [3.63, 3.8) is 0 Å². The number of phenolic OH excluding ortho intramolecular Hbond substituents is 1. The summed E-state index contributed by atoms with van der Waals surface area (Å²) in [5, 5.41) is 25.9. The number of hydrazone groups is 1. The van der Waals surface area contributed by atoms with E-state index in [9.17, 15) is 23.6 Å². The summed E-state index contributed by atoms with van der Waals surface area (Å²) in [7, 11) is -2.60. The van der Waals surface area contributed by atoms with Crippen LogP contribution in [0.25, 0.3) is 0 Å². The van der Waals surface area contributed by atoms with Crippen molar-refractivity contribution in [2.75, 3.05) is 35.2 Å². The fourth-order valence-electron chi connectivity index (χ4n) is 3.40. The number of phenols is 1. The Morgan fingerprint density at radius 1 is 1.08 bits per heavy atom. The number of nitrogens with zero attached hydrogens (tertiary/aromatic N) is 3. The standard InChI is InChI=1S/C24H27N5O6S/c1-4-28(5-2)19-9-6-17(24(30)14-19)16-25-26-22-13-12-21(15-23(22)29(31)32)36(33,34)27-18-7-10-20(35-3)11-8-18/h6-16,26-27,30H,4-5H2,1-3H3/b25-16-. The summed E-state index contributed by atoms with van der Waals surface area (Å²) in [4.78, 5) is 12.7. The van der Waals surface area contributed by atoms with E-state index in [-0.39, 0.29) is 22.0 Å². The lowest BCUT2D eigenvalue weighted by molar-refractivity contribution is -0.384. The Kier molecular flexibility index (Phi) is 8.33. The highest BCUT2D eigenvalue weighted by molar-refractivity contribution is 7.92. The number of nitro groups is 1. The van der Waals surface area contributed by atoms with Crippen LogP contribution in [0.5, 0.6) is 11.5 Å². The molecule has 0 unspecified atom stereocenters. The third-order valence-electron chi connectivity index (χ3n) is 5.35. The number of nitro benzene ring substituents is 1. The fraction of sp³-hybridized carbons (Fsp3) is 0.208. The maximum absolute atomic E-state index is 12.8. The van der Waals surface area contributed by atoms with Crippen molar-refractivity contribution in [3.05, 3.63) is 76.3 Å². The number of anilines is 3. The monoisotopic (exact) mass is 513 g/mol. The first kappa shape index (κ1) is 26.3. The Hall–Kier alpha value is -4.32. The summed E-state index contributed by atoms with van der Waals surface area (Å²) >= 11 is 0. The fourth-order valence-corrected chi connectivity index (χ4v) is 4.47. The molecule has 0 fully saturated rings. The average molecular weight is 514 g/mol. The van der Waals surface area contributed by atoms with Gasteiger partial charge < -0.3 is 14.7 Å². The number of ether oxygens (including phenoxy) is 1. The lowest BCUT2D eigenvalue weighted by Gasteiger charge is -2.21. The molecule has 11 nitrogen and oxygen atoms in total. The molecule has 3 aromatic carbocycles. The van der Waals surface area contributed by atoms with Gasteiger partial charge in [0.15, 0.2) is 0 Å². The smallest absolute Gasteiger partial charge is 0.295 e. The van der Waals surface area contributed by atoms with Crippen LogP contribution >= 0.6 is 0 Å². The summed E-state index contributed by atoms with van der Waals surface area (Å²) in [6.45, 7) is 5.60. The summed E-state index contributed by atoms with van der Waals surface area (Å²) in [6, 6.07) is 14.8. The molecular weight excluding hydrogens is 486 g/mol. The van der Waals surface area contributed by atoms with E-state index in [0.29, 0.717) is 11.3 Å². The zero-order valence-electron chi connectivity index (χ0n) is 20.0. The zero-order valence-corrected chi connectivity index (χ0v) is 20.8. The summed E-state index contributed by atoms with van der Waals surface area (Å²) in [5.74, 6) is 0.559. The van der Waals surface area contributed by atoms with Gasteiger partial charge in [0.2, 0.25) is 0 Å². The molecular formula is C24H27N5O6S. The van der Waals surface area contributed by atoms with E-state index in [0.717, 1.165) is 24.8 Å². The molecule has 0 aliphatic rings. The van der Waals surface area contributed by atoms with Gasteiger partial charge in [0.05, 0.1) is 23.1 Å². The largest absolute Gasteiger partial charge is 0.507 e. The molecule has 3 aromatic rings. The minimum atomic E-state index is -4.09. The summed E-state index contributed by atoms with van der Waals surface area (Å²) in [5.41, 5.74) is 3.59. The number of sulfonamides is 1. The van der Waals surface area contributed by atoms with Crippen LogP contribution < -0.4 is 19.8 Å². The first-order valence-electron chi connectivity index (χ1n) is 11.0. The number of rotatable bonds is 11. The van der Waals surface area contributed by atoms with Gasteiger partial charge in [0.25, 0.3) is 15.7 Å². The van der Waals surface area contributed by atoms with E-state index in [2.05, 4.69) is 20.1 Å². The number of aromatic hydroxyl groups is 1. The van der Waals surface area contributed by atoms with Crippen molar-refractivity contribution in [2.45, 2.75) is 18.7 Å². The first-order valence-corrected chi connectivity index (χ1v) is 12.5. The van der Waals surface area contributed by atoms with Crippen LogP contribution in [0.15, 0.2) is 70.7 Å². The van der Waals surface area contributed by atoms with Gasteiger partial charge >= 0.3 is 0 Å². The molecule has 3 rings (SSSR count). The van der Waals surface area contributed by atoms with Crippen LogP contribution in [0, 0.1) is 10.1 Å². The second-order valence-corrected chi connectivity index (χ2v) is 9.24. The van der Waals surface area contributed by atoms with Crippen LogP contribution in [0.4, 0.5) is 22.7 Å². The average Bonchev–Trinajstić information content (AvgIpc) is 2.86. The van der Waals surface area contributed by atoms with Gasteiger partial charge in [0.1, 0.15) is 17.2 Å². The first-order chi connectivity index (χ1) is 17.2. The van der Waals surface area contributed by atoms with Gasteiger partial charge in [0, 0.05) is 42.2 Å². The van der Waals surface area contributed by atoms with Crippen molar-refractivity contribution in [2.24, 2.45) is 5.10 Å². The normalized spacial score (nSPS) is 11.3. The van der Waals surface area contributed by atoms with Crippen LogP contribution in [0.2, 0.25) is 0 Å². The maximum atomic E-state index is 12.8. The third-order valence-corrected chi connectivity index (χ3v) is 6.73. The maximum Gasteiger partial charge on any atom is 0.295 e. The van der Waals surface area contributed by atoms with Gasteiger partial charge in [-0.2, -0.15) is 5.10 Å². The summed E-state index contributed by atoms with van der Waals surface area (Å²) < 4.78 is 32.9. The van der Waals surface area contributed by atoms with E-state index in [1.54, 1.807) is 24.3 Å². The van der Waals surface area contributed by atoms with E-state index in [1.807, 2.05) is 19.9 Å². The van der Waals surface area contributed by atoms with Crippen LogP contribution in [-0.4, -0.2) is 44.9 Å². The molecule has 0 amide bonds. The number of benzene rings is 3. The highest BCUT2D eigenvalue weighted by Gasteiger charge is 2.21. The van der Waals surface area contributed by atoms with E-state index < -0.39 is 20.6 Å². The number of hydrogen-bond acceptors (Lipinski definition) is 9.